The second kappa shape index (κ2) is 15.9. The van der Waals surface area contributed by atoms with Gasteiger partial charge in [-0.1, -0.05) is 18.2 Å². The van der Waals surface area contributed by atoms with E-state index in [4.69, 9.17) is 9.47 Å². The van der Waals surface area contributed by atoms with Crippen molar-refractivity contribution in [3.05, 3.63) is 118 Å². The maximum Gasteiger partial charge on any atom is 0.255 e. The largest absolute Gasteiger partial charge is 0.508 e. The molecule has 0 radical (unpaired) electrons. The quantitative estimate of drug-likeness (QED) is 0.136. The van der Waals surface area contributed by atoms with Gasteiger partial charge in [0.1, 0.15) is 17.5 Å². The molecule has 2 saturated heterocycles. The van der Waals surface area contributed by atoms with E-state index in [0.717, 1.165) is 75.4 Å². The number of imide groups is 1. The number of unbranched alkanes of at least 4 members (excludes halogenated alkanes) is 2. The van der Waals surface area contributed by atoms with Crippen molar-refractivity contribution in [3.8, 4) is 17.2 Å². The normalized spacial score (nSPS) is 21.1. The SMILES string of the molecule is O=C1CCC(N2Cc3cc(N4CCN(CCCCCOc5ccc(C6c7ccc(O)cc7OC[C@@H]6c6ccc(F)c(F)c6)cc5F)CC4)ccc3C2=O)C(=O)N1. The first-order chi connectivity index (χ1) is 27.1. The summed E-state index contributed by atoms with van der Waals surface area (Å²) in [6.07, 6.45) is 3.23. The molecular formula is C43H43F3N4O6. The maximum atomic E-state index is 15.5. The molecule has 0 aromatic heterocycles. The lowest BCUT2D eigenvalue weighted by Crippen LogP contribution is -2.52. The highest BCUT2D eigenvalue weighted by Gasteiger charge is 2.39. The number of anilines is 1. The topological polar surface area (TPSA) is 112 Å². The number of aromatic hydroxyl groups is 1. The molecule has 0 aliphatic carbocycles. The molecule has 0 spiro atoms. The van der Waals surface area contributed by atoms with Gasteiger partial charge in [-0.25, -0.2) is 13.2 Å². The molecule has 4 heterocycles. The Balaban J connectivity index is 0.799. The van der Waals surface area contributed by atoms with Gasteiger partial charge in [-0.3, -0.25) is 24.6 Å². The fourth-order valence-electron chi connectivity index (χ4n) is 8.45. The highest BCUT2D eigenvalue weighted by atomic mass is 19.2. The number of ether oxygens (including phenoxy) is 2. The lowest BCUT2D eigenvalue weighted by molar-refractivity contribution is -0.136. The summed E-state index contributed by atoms with van der Waals surface area (Å²) in [4.78, 5) is 43.4. The van der Waals surface area contributed by atoms with Crippen LogP contribution in [-0.2, 0) is 16.1 Å². The van der Waals surface area contributed by atoms with E-state index >= 15 is 4.39 Å². The highest BCUT2D eigenvalue weighted by molar-refractivity contribution is 6.05. The van der Waals surface area contributed by atoms with Gasteiger partial charge in [0.15, 0.2) is 23.2 Å². The third kappa shape index (κ3) is 7.64. The number of phenols is 1. The molecule has 292 valence electrons. The highest BCUT2D eigenvalue weighted by Crippen LogP contribution is 2.47. The van der Waals surface area contributed by atoms with E-state index in [0.29, 0.717) is 47.6 Å². The Morgan fingerprint density at radius 3 is 2.41 bits per heavy atom. The first-order valence-corrected chi connectivity index (χ1v) is 19.2. The average Bonchev–Trinajstić information content (AvgIpc) is 3.52. The number of piperidine rings is 1. The van der Waals surface area contributed by atoms with Crippen LogP contribution in [-0.4, -0.2) is 84.6 Å². The van der Waals surface area contributed by atoms with Gasteiger partial charge in [-0.05, 0) is 97.4 Å². The number of phenolic OH excluding ortho intramolecular Hbond substituents is 1. The molecule has 2 N–H and O–H groups in total. The van der Waals surface area contributed by atoms with Crippen LogP contribution in [0.5, 0.6) is 17.2 Å². The van der Waals surface area contributed by atoms with Gasteiger partial charge < -0.3 is 24.4 Å². The number of rotatable bonds is 11. The van der Waals surface area contributed by atoms with E-state index in [1.54, 1.807) is 23.1 Å². The van der Waals surface area contributed by atoms with Crippen molar-refractivity contribution in [2.45, 2.75) is 56.5 Å². The molecule has 0 saturated carbocycles. The van der Waals surface area contributed by atoms with Crippen molar-refractivity contribution >= 4 is 23.4 Å². The van der Waals surface area contributed by atoms with E-state index in [1.165, 1.54) is 24.3 Å². The Bertz CT molecular complexity index is 2160. The first-order valence-electron chi connectivity index (χ1n) is 19.2. The number of amides is 3. The molecule has 4 aliphatic rings. The summed E-state index contributed by atoms with van der Waals surface area (Å²) in [5.74, 6) is -3.55. The standard InChI is InChI=1S/C43H43F3N4O6/c44-34-10-4-26(21-35(34)45)33-25-56-39-23-30(51)7-9-32(39)41(33)27-5-12-38(36(46)22-27)55-19-3-1-2-14-48-15-17-49(18-16-48)29-6-8-31-28(20-29)24-50(43(31)54)37-11-13-40(52)47-42(37)53/h4-10,12,20-23,33,37,41,51H,1-3,11,13-19,24-25H2,(H,47,52,53)/t33-,37?,41?/m1/s1. The minimum atomic E-state index is -0.967. The second-order valence-electron chi connectivity index (χ2n) is 15.0. The number of nitrogens with one attached hydrogen (secondary N) is 1. The van der Waals surface area contributed by atoms with Gasteiger partial charge in [0.25, 0.3) is 5.91 Å². The summed E-state index contributed by atoms with van der Waals surface area (Å²) in [5.41, 5.74) is 4.43. The number of benzene rings is 4. The summed E-state index contributed by atoms with van der Waals surface area (Å²) in [6, 6.07) is 18.5. The molecule has 13 heteroatoms. The second-order valence-corrected chi connectivity index (χ2v) is 15.0. The van der Waals surface area contributed by atoms with Gasteiger partial charge in [-0.2, -0.15) is 0 Å². The van der Waals surface area contributed by atoms with Crippen molar-refractivity contribution in [1.82, 2.24) is 15.1 Å². The fourth-order valence-corrected chi connectivity index (χ4v) is 8.45. The lowest BCUT2D eigenvalue weighted by atomic mass is 9.76. The van der Waals surface area contributed by atoms with Gasteiger partial charge in [-0.15, -0.1) is 0 Å². The molecule has 56 heavy (non-hydrogen) atoms. The van der Waals surface area contributed by atoms with Gasteiger partial charge in [0, 0.05) is 73.9 Å². The number of hydrogen-bond donors (Lipinski definition) is 2. The fraction of sp³-hybridized carbons (Fsp3) is 0.372. The predicted molar refractivity (Wildman–Crippen MR) is 201 cm³/mol. The minimum absolute atomic E-state index is 0.0290. The Morgan fingerprint density at radius 2 is 1.62 bits per heavy atom. The number of fused-ring (bicyclic) bond motifs is 2. The van der Waals surface area contributed by atoms with Crippen molar-refractivity contribution in [2.75, 3.05) is 50.8 Å². The van der Waals surface area contributed by atoms with Crippen LogP contribution < -0.4 is 19.7 Å². The molecule has 10 nitrogen and oxygen atoms in total. The monoisotopic (exact) mass is 768 g/mol. The Hall–Kier alpha value is -5.56. The number of halogens is 3. The van der Waals surface area contributed by atoms with Crippen LogP contribution in [0.4, 0.5) is 18.9 Å². The molecule has 4 aromatic rings. The molecule has 4 aromatic carbocycles. The Morgan fingerprint density at radius 1 is 0.821 bits per heavy atom. The zero-order valence-electron chi connectivity index (χ0n) is 30.8. The van der Waals surface area contributed by atoms with Crippen molar-refractivity contribution in [1.29, 1.82) is 0 Å². The summed E-state index contributed by atoms with van der Waals surface area (Å²) in [5, 5.41) is 12.4. The van der Waals surface area contributed by atoms with Crippen LogP contribution >= 0.6 is 0 Å². The Kier molecular flexibility index (Phi) is 10.6. The van der Waals surface area contributed by atoms with Gasteiger partial charge >= 0.3 is 0 Å². The van der Waals surface area contributed by atoms with Crippen LogP contribution in [0.15, 0.2) is 72.8 Å². The molecule has 3 atom stereocenters. The van der Waals surface area contributed by atoms with Crippen LogP contribution in [0.25, 0.3) is 0 Å². The summed E-state index contributed by atoms with van der Waals surface area (Å²) in [6.45, 7) is 5.31. The molecule has 4 aliphatic heterocycles. The number of carbonyl (C=O) groups excluding carboxylic acids is 3. The zero-order chi connectivity index (χ0) is 38.9. The Labute approximate surface area is 322 Å². The van der Waals surface area contributed by atoms with E-state index < -0.39 is 41.2 Å². The molecular weight excluding hydrogens is 725 g/mol. The summed E-state index contributed by atoms with van der Waals surface area (Å²) in [7, 11) is 0. The van der Waals surface area contributed by atoms with Crippen molar-refractivity contribution in [3.63, 3.8) is 0 Å². The van der Waals surface area contributed by atoms with Crippen LogP contribution in [0.2, 0.25) is 0 Å². The molecule has 0 bridgehead atoms. The number of hydrogen-bond acceptors (Lipinski definition) is 8. The van der Waals surface area contributed by atoms with Gasteiger partial charge in [0.2, 0.25) is 11.8 Å². The number of carbonyl (C=O) groups is 3. The smallest absolute Gasteiger partial charge is 0.255 e. The van der Waals surface area contributed by atoms with E-state index in [9.17, 15) is 28.3 Å². The number of nitrogens with zero attached hydrogens (tertiary/aromatic N) is 3. The number of piperazine rings is 1. The molecule has 8 rings (SSSR count). The van der Waals surface area contributed by atoms with Crippen LogP contribution in [0, 0.1) is 17.5 Å². The summed E-state index contributed by atoms with van der Waals surface area (Å²) >= 11 is 0. The van der Waals surface area contributed by atoms with E-state index in [1.807, 2.05) is 12.1 Å². The summed E-state index contributed by atoms with van der Waals surface area (Å²) < 4.78 is 55.3. The van der Waals surface area contributed by atoms with Crippen molar-refractivity contribution in [2.24, 2.45) is 0 Å². The molecule has 2 fully saturated rings. The van der Waals surface area contributed by atoms with E-state index in [-0.39, 0.29) is 36.3 Å². The van der Waals surface area contributed by atoms with Crippen molar-refractivity contribution < 1.29 is 42.1 Å². The predicted octanol–water partition coefficient (Wildman–Crippen LogP) is 6.25. The zero-order valence-corrected chi connectivity index (χ0v) is 30.8. The third-order valence-corrected chi connectivity index (χ3v) is 11.5. The van der Waals surface area contributed by atoms with Crippen LogP contribution in [0.1, 0.15) is 76.6 Å². The first kappa shape index (κ1) is 37.4. The van der Waals surface area contributed by atoms with Gasteiger partial charge in [0.05, 0.1) is 13.2 Å². The van der Waals surface area contributed by atoms with Crippen LogP contribution in [0.3, 0.4) is 0 Å². The third-order valence-electron chi connectivity index (χ3n) is 11.5. The van der Waals surface area contributed by atoms with E-state index in [2.05, 4.69) is 21.2 Å². The maximum absolute atomic E-state index is 15.5. The molecule has 3 amide bonds. The lowest BCUT2D eigenvalue weighted by Gasteiger charge is -2.36. The average molecular weight is 769 g/mol. The molecule has 2 unspecified atom stereocenters. The minimum Gasteiger partial charge on any atom is -0.508 e.